The topological polar surface area (TPSA) is 85.1 Å². The van der Waals surface area contributed by atoms with Gasteiger partial charge in [-0.15, -0.1) is 0 Å². The summed E-state index contributed by atoms with van der Waals surface area (Å²) in [6.07, 6.45) is 1.90. The van der Waals surface area contributed by atoms with Crippen LogP contribution in [0.4, 0.5) is 10.1 Å². The van der Waals surface area contributed by atoms with Crippen molar-refractivity contribution in [1.82, 2.24) is 4.98 Å². The van der Waals surface area contributed by atoms with Gasteiger partial charge in [0.05, 0.1) is 4.92 Å². The zero-order chi connectivity index (χ0) is 11.0. The van der Waals surface area contributed by atoms with Gasteiger partial charge in [-0.25, -0.2) is 4.98 Å². The molecule has 1 aliphatic rings. The van der Waals surface area contributed by atoms with Crippen LogP contribution in [0, 0.1) is 10.1 Å². The highest BCUT2D eigenvalue weighted by Crippen LogP contribution is 2.46. The smallest absolute Gasteiger partial charge is 0.302 e. The van der Waals surface area contributed by atoms with Crippen molar-refractivity contribution in [1.29, 1.82) is 0 Å². The van der Waals surface area contributed by atoms with Gasteiger partial charge in [-0.2, -0.15) is 0 Å². The molecule has 1 fully saturated rings. The van der Waals surface area contributed by atoms with E-state index in [2.05, 4.69) is 10.3 Å². The Morgan fingerprint density at radius 2 is 2.33 bits per heavy atom. The van der Waals surface area contributed by atoms with Crippen LogP contribution >= 0.6 is 11.3 Å². The van der Waals surface area contributed by atoms with Gasteiger partial charge in [0.2, 0.25) is 5.91 Å². The summed E-state index contributed by atoms with van der Waals surface area (Å²) in [6, 6.07) is 0. The lowest BCUT2D eigenvalue weighted by Crippen LogP contribution is -2.05. The molecule has 0 unspecified atom stereocenters. The Balaban J connectivity index is 2.31. The molecular formula is C8H9N3O3S. The van der Waals surface area contributed by atoms with E-state index in [0.29, 0.717) is 10.8 Å². The molecule has 80 valence electrons. The van der Waals surface area contributed by atoms with E-state index in [1.54, 1.807) is 0 Å². The SMILES string of the molecule is CC(=O)Nc1nc(C2CC2)c([N+](=O)[O-])s1. The van der Waals surface area contributed by atoms with Gasteiger partial charge >= 0.3 is 5.00 Å². The molecule has 1 aliphatic carbocycles. The van der Waals surface area contributed by atoms with Crippen molar-refractivity contribution in [2.24, 2.45) is 0 Å². The third kappa shape index (κ3) is 2.12. The average molecular weight is 227 g/mol. The minimum Gasteiger partial charge on any atom is -0.302 e. The molecule has 1 N–H and O–H groups in total. The first-order valence-electron chi connectivity index (χ1n) is 4.50. The fourth-order valence-electron chi connectivity index (χ4n) is 1.28. The van der Waals surface area contributed by atoms with Crippen LogP contribution < -0.4 is 5.32 Å². The van der Waals surface area contributed by atoms with E-state index in [0.717, 1.165) is 24.2 Å². The maximum atomic E-state index is 10.8. The van der Waals surface area contributed by atoms with Gasteiger partial charge in [0.1, 0.15) is 5.69 Å². The van der Waals surface area contributed by atoms with Crippen LogP contribution in [0.2, 0.25) is 0 Å². The standard InChI is InChI=1S/C8H9N3O3S/c1-4(12)9-8-10-6(5-2-3-5)7(15-8)11(13)14/h5H,2-3H2,1H3,(H,9,10,12). The lowest BCUT2D eigenvalue weighted by molar-refractivity contribution is -0.381. The molecule has 1 heterocycles. The summed E-state index contributed by atoms with van der Waals surface area (Å²) in [5.41, 5.74) is 0.522. The quantitative estimate of drug-likeness (QED) is 0.631. The van der Waals surface area contributed by atoms with E-state index in [1.807, 2.05) is 0 Å². The number of amides is 1. The highest BCUT2D eigenvalue weighted by molar-refractivity contribution is 7.19. The van der Waals surface area contributed by atoms with Crippen LogP contribution in [0.5, 0.6) is 0 Å². The number of hydrogen-bond donors (Lipinski definition) is 1. The lowest BCUT2D eigenvalue weighted by Gasteiger charge is -1.91. The maximum absolute atomic E-state index is 10.8. The van der Waals surface area contributed by atoms with Crippen LogP contribution in [0.1, 0.15) is 31.4 Å². The Labute approximate surface area is 89.5 Å². The molecule has 1 aromatic heterocycles. The van der Waals surface area contributed by atoms with E-state index in [9.17, 15) is 14.9 Å². The van der Waals surface area contributed by atoms with Crippen molar-refractivity contribution in [2.75, 3.05) is 5.32 Å². The first-order valence-corrected chi connectivity index (χ1v) is 5.32. The van der Waals surface area contributed by atoms with E-state index in [1.165, 1.54) is 6.92 Å². The van der Waals surface area contributed by atoms with Gasteiger partial charge in [-0.3, -0.25) is 14.9 Å². The van der Waals surface area contributed by atoms with E-state index < -0.39 is 4.92 Å². The van der Waals surface area contributed by atoms with Gasteiger partial charge in [-0.1, -0.05) is 0 Å². The summed E-state index contributed by atoms with van der Waals surface area (Å²) in [7, 11) is 0. The Hall–Kier alpha value is -1.50. The molecule has 15 heavy (non-hydrogen) atoms. The van der Waals surface area contributed by atoms with Crippen LogP contribution in [0.3, 0.4) is 0 Å². The number of rotatable bonds is 3. The van der Waals surface area contributed by atoms with Gasteiger partial charge < -0.3 is 5.32 Å². The zero-order valence-corrected chi connectivity index (χ0v) is 8.84. The summed E-state index contributed by atoms with van der Waals surface area (Å²) in [4.78, 5) is 25.1. The first-order chi connectivity index (χ1) is 7.08. The molecule has 0 aliphatic heterocycles. The average Bonchev–Trinajstić information content (AvgIpc) is 2.87. The second kappa shape index (κ2) is 3.58. The summed E-state index contributed by atoms with van der Waals surface area (Å²) in [6.45, 7) is 1.35. The van der Waals surface area contributed by atoms with Crippen molar-refractivity contribution in [3.05, 3.63) is 15.8 Å². The molecule has 0 spiro atoms. The number of anilines is 1. The van der Waals surface area contributed by atoms with Crippen LogP contribution in [-0.2, 0) is 4.79 Å². The molecule has 0 atom stereocenters. The number of thiazole rings is 1. The van der Waals surface area contributed by atoms with Gasteiger partial charge in [0.15, 0.2) is 5.13 Å². The van der Waals surface area contributed by atoms with Crippen molar-refractivity contribution in [3.63, 3.8) is 0 Å². The highest BCUT2D eigenvalue weighted by Gasteiger charge is 2.35. The molecule has 6 nitrogen and oxygen atoms in total. The number of aromatic nitrogens is 1. The van der Waals surface area contributed by atoms with Gasteiger partial charge in [0.25, 0.3) is 0 Å². The third-order valence-corrected chi connectivity index (χ3v) is 2.99. The third-order valence-electron chi connectivity index (χ3n) is 2.05. The van der Waals surface area contributed by atoms with Crippen LogP contribution in [0.25, 0.3) is 0 Å². The second-order valence-electron chi connectivity index (χ2n) is 3.42. The van der Waals surface area contributed by atoms with Crippen LogP contribution in [0.15, 0.2) is 0 Å². The van der Waals surface area contributed by atoms with Crippen molar-refractivity contribution in [2.45, 2.75) is 25.7 Å². The molecule has 0 saturated heterocycles. The number of hydrogen-bond acceptors (Lipinski definition) is 5. The minimum atomic E-state index is -0.434. The number of carbonyl (C=O) groups excluding carboxylic acids is 1. The van der Waals surface area contributed by atoms with Crippen molar-refractivity contribution >= 4 is 27.4 Å². The number of carbonyl (C=O) groups is 1. The van der Waals surface area contributed by atoms with Gasteiger partial charge in [-0.05, 0) is 24.2 Å². The number of nitro groups is 1. The predicted molar refractivity (Wildman–Crippen MR) is 55.0 cm³/mol. The Bertz CT molecular complexity index is 425. The monoisotopic (exact) mass is 227 g/mol. The molecule has 1 aromatic rings. The van der Waals surface area contributed by atoms with E-state index in [4.69, 9.17) is 0 Å². The highest BCUT2D eigenvalue weighted by atomic mass is 32.1. The molecule has 1 amide bonds. The summed E-state index contributed by atoms with van der Waals surface area (Å²) in [5.74, 6) is -0.0508. The summed E-state index contributed by atoms with van der Waals surface area (Å²) >= 11 is 0.922. The fraction of sp³-hybridized carbons (Fsp3) is 0.500. The maximum Gasteiger partial charge on any atom is 0.349 e. The molecule has 0 aromatic carbocycles. The first kappa shape index (κ1) is 10.0. The molecule has 0 radical (unpaired) electrons. The molecule has 1 saturated carbocycles. The molecule has 0 bridgehead atoms. The molecule has 2 rings (SSSR count). The number of nitrogens with one attached hydrogen (secondary N) is 1. The number of nitrogens with zero attached hydrogens (tertiary/aromatic N) is 2. The minimum absolute atomic E-state index is 0.0567. The summed E-state index contributed by atoms with van der Waals surface area (Å²) in [5, 5.41) is 13.6. The lowest BCUT2D eigenvalue weighted by atomic mass is 10.3. The van der Waals surface area contributed by atoms with Crippen molar-refractivity contribution < 1.29 is 9.72 Å². The molecule has 7 heteroatoms. The Morgan fingerprint density at radius 3 is 2.80 bits per heavy atom. The Morgan fingerprint density at radius 1 is 1.67 bits per heavy atom. The zero-order valence-electron chi connectivity index (χ0n) is 8.02. The van der Waals surface area contributed by atoms with E-state index in [-0.39, 0.29) is 16.8 Å². The normalized spacial score (nSPS) is 15.0. The fourth-order valence-corrected chi connectivity index (χ4v) is 2.19. The summed E-state index contributed by atoms with van der Waals surface area (Å²) < 4.78 is 0. The Kier molecular flexibility index (Phi) is 2.39. The molecular weight excluding hydrogens is 218 g/mol. The van der Waals surface area contributed by atoms with Crippen LogP contribution in [-0.4, -0.2) is 15.8 Å². The van der Waals surface area contributed by atoms with E-state index >= 15 is 0 Å². The largest absolute Gasteiger partial charge is 0.349 e. The van der Waals surface area contributed by atoms with Crippen molar-refractivity contribution in [3.8, 4) is 0 Å². The van der Waals surface area contributed by atoms with Gasteiger partial charge in [0, 0.05) is 12.8 Å². The predicted octanol–water partition coefficient (Wildman–Crippen LogP) is 1.89. The second-order valence-corrected chi connectivity index (χ2v) is 4.40.